The van der Waals surface area contributed by atoms with Crippen molar-refractivity contribution in [3.63, 3.8) is 0 Å². The van der Waals surface area contributed by atoms with E-state index < -0.39 is 75.6 Å². The van der Waals surface area contributed by atoms with Crippen molar-refractivity contribution in [3.05, 3.63) is 45.1 Å². The summed E-state index contributed by atoms with van der Waals surface area (Å²) in [6, 6.07) is 0. The van der Waals surface area contributed by atoms with E-state index in [1.807, 2.05) is 6.92 Å². The summed E-state index contributed by atoms with van der Waals surface area (Å²) in [5.41, 5.74) is -5.37. The zero-order valence-corrected chi connectivity index (χ0v) is 26.4. The molecule has 2 aliphatic heterocycles. The van der Waals surface area contributed by atoms with Gasteiger partial charge in [-0.05, 0) is 93.6 Å². The molecule has 2 unspecified atom stereocenters. The van der Waals surface area contributed by atoms with Gasteiger partial charge >= 0.3 is 17.9 Å². The van der Waals surface area contributed by atoms with Crippen molar-refractivity contribution >= 4 is 23.7 Å². The third-order valence-electron chi connectivity index (χ3n) is 14.4. The molecule has 0 radical (unpaired) electrons. The second kappa shape index (κ2) is 7.94. The van der Waals surface area contributed by atoms with Crippen LogP contribution in [-0.4, -0.2) is 79.9 Å². The minimum absolute atomic E-state index is 0.00282. The molecule has 7 aliphatic carbocycles. The standard InChI is InChI=1S/C35H38O11/c1-6-13(2)26(37)44-12-33(42)20-7-17(20)30(4)21(33)9-16-15(11-36)28(39)45-34(16)22(30)10-32(41)19-8-18(19)31(5)25(32)24(34)23-14(3)27(38)46-35(23,43)29(31)40/h6,17-22,36,41-43H,7-12H2,1-5H3/b13-6+/t17-,18-,19+,20+,21?,22?,30+,31+,32+,33+,34+,35+/m1/s1. The molecular formula is C35H38O11. The molecule has 12 atom stereocenters. The number of ether oxygens (including phenoxy) is 3. The average Bonchev–Trinajstić information content (AvgIpc) is 3.91. The predicted octanol–water partition coefficient (Wildman–Crippen LogP) is 1.34. The number of aliphatic hydroxyl groups is 4. The third kappa shape index (κ3) is 2.68. The summed E-state index contributed by atoms with van der Waals surface area (Å²) in [6.07, 6.45) is 3.03. The number of aliphatic hydroxyl groups excluding tert-OH is 1. The first kappa shape index (κ1) is 29.1. The lowest BCUT2D eigenvalue weighted by atomic mass is 9.42. The van der Waals surface area contributed by atoms with Gasteiger partial charge in [0.05, 0.1) is 23.2 Å². The highest BCUT2D eigenvalue weighted by Crippen LogP contribution is 2.84. The molecule has 0 amide bonds. The minimum atomic E-state index is -2.63. The highest BCUT2D eigenvalue weighted by Gasteiger charge is 2.87. The molecule has 0 aromatic carbocycles. The predicted molar refractivity (Wildman–Crippen MR) is 155 cm³/mol. The molecule has 4 N–H and O–H groups in total. The lowest BCUT2D eigenvalue weighted by Gasteiger charge is -2.63. The first-order valence-corrected chi connectivity index (χ1v) is 16.3. The summed E-state index contributed by atoms with van der Waals surface area (Å²) in [5.74, 6) is -7.61. The van der Waals surface area contributed by atoms with Crippen LogP contribution in [0.1, 0.15) is 60.3 Å². The van der Waals surface area contributed by atoms with E-state index in [2.05, 4.69) is 0 Å². The number of hydrogen-bond donors (Lipinski definition) is 4. The van der Waals surface area contributed by atoms with E-state index in [-0.39, 0.29) is 65.4 Å². The van der Waals surface area contributed by atoms with Crippen molar-refractivity contribution in [1.82, 2.24) is 0 Å². The minimum Gasteiger partial charge on any atom is -0.459 e. The van der Waals surface area contributed by atoms with Gasteiger partial charge in [0.25, 0.3) is 5.79 Å². The smallest absolute Gasteiger partial charge is 0.337 e. The summed E-state index contributed by atoms with van der Waals surface area (Å²) in [5, 5.41) is 48.0. The molecule has 0 saturated heterocycles. The zero-order chi connectivity index (χ0) is 32.9. The van der Waals surface area contributed by atoms with Crippen molar-refractivity contribution in [2.24, 2.45) is 46.3 Å². The van der Waals surface area contributed by atoms with Gasteiger partial charge in [0.15, 0.2) is 5.60 Å². The Morgan fingerprint density at radius 2 is 1.67 bits per heavy atom. The Kier molecular flexibility index (Phi) is 5.02. The van der Waals surface area contributed by atoms with E-state index >= 15 is 0 Å². The van der Waals surface area contributed by atoms with E-state index in [9.17, 15) is 39.6 Å². The number of esters is 3. The topological polar surface area (TPSA) is 177 Å². The first-order valence-electron chi connectivity index (χ1n) is 16.3. The Morgan fingerprint density at radius 1 is 0.978 bits per heavy atom. The molecule has 11 nitrogen and oxygen atoms in total. The van der Waals surface area contributed by atoms with E-state index in [4.69, 9.17) is 14.2 Å². The number of carbonyl (C=O) groups excluding carboxylic acids is 4. The highest BCUT2D eigenvalue weighted by molar-refractivity contribution is 6.10. The van der Waals surface area contributed by atoms with E-state index in [1.165, 1.54) is 6.92 Å². The molecule has 11 heteroatoms. The van der Waals surface area contributed by atoms with Gasteiger partial charge < -0.3 is 34.6 Å². The van der Waals surface area contributed by atoms with Crippen LogP contribution in [0.2, 0.25) is 0 Å². The molecule has 0 aromatic heterocycles. The maximum absolute atomic E-state index is 14.3. The molecule has 5 saturated carbocycles. The number of allylic oxidation sites excluding steroid dienone is 1. The van der Waals surface area contributed by atoms with Gasteiger partial charge in [0.2, 0.25) is 5.78 Å². The van der Waals surface area contributed by atoms with Gasteiger partial charge in [0.1, 0.15) is 12.2 Å². The Labute approximate surface area is 265 Å². The normalized spacial score (nSPS) is 51.9. The summed E-state index contributed by atoms with van der Waals surface area (Å²) in [4.78, 5) is 54.0. The second-order valence-corrected chi connectivity index (χ2v) is 15.8. The zero-order valence-electron chi connectivity index (χ0n) is 26.4. The molecule has 5 fully saturated rings. The maximum atomic E-state index is 14.3. The van der Waals surface area contributed by atoms with E-state index in [0.717, 1.165) is 0 Å². The molecular weight excluding hydrogens is 596 g/mol. The Morgan fingerprint density at radius 3 is 2.35 bits per heavy atom. The Bertz CT molecular complexity index is 1780. The van der Waals surface area contributed by atoms with Crippen molar-refractivity contribution in [1.29, 1.82) is 0 Å². The van der Waals surface area contributed by atoms with Crippen LogP contribution in [0, 0.1) is 46.3 Å². The van der Waals surface area contributed by atoms with Crippen LogP contribution in [-0.2, 0) is 33.4 Å². The van der Waals surface area contributed by atoms with Crippen LogP contribution in [0.4, 0.5) is 0 Å². The SMILES string of the molecule is C/C=C(\C)C(=O)OC[C@@]1(O)C2CC3=C(CO)C(=O)O[C@@]34C3=C5[C@@](C)(C(=O)[C@@]6(O)OC(=O)C(C)=C36)[C@@H]3C[C@@H]3[C@@]5(O)CC4[C@@]2(C)[C@@H]2C[C@@H]21. The number of carbonyl (C=O) groups is 4. The quantitative estimate of drug-likeness (QED) is 0.199. The molecule has 9 rings (SSSR count). The van der Waals surface area contributed by atoms with Crippen molar-refractivity contribution < 1.29 is 53.8 Å². The fourth-order valence-electron chi connectivity index (χ4n) is 12.2. The largest absolute Gasteiger partial charge is 0.459 e. The average molecular weight is 635 g/mol. The number of fused-ring (bicyclic) bond motifs is 9. The molecule has 0 aromatic rings. The van der Waals surface area contributed by atoms with Crippen molar-refractivity contribution in [2.75, 3.05) is 13.2 Å². The van der Waals surface area contributed by atoms with Crippen LogP contribution in [0.3, 0.4) is 0 Å². The lowest BCUT2D eigenvalue weighted by molar-refractivity contribution is -0.202. The fraction of sp³-hybridized carbons (Fsp3) is 0.657. The third-order valence-corrected chi connectivity index (χ3v) is 14.4. The van der Waals surface area contributed by atoms with Gasteiger partial charge in [-0.3, -0.25) is 4.79 Å². The maximum Gasteiger partial charge on any atom is 0.337 e. The Balaban J connectivity index is 1.31. The first-order chi connectivity index (χ1) is 21.5. The summed E-state index contributed by atoms with van der Waals surface area (Å²) in [7, 11) is 0. The van der Waals surface area contributed by atoms with E-state index in [0.29, 0.717) is 29.6 Å². The number of Topliss-reactive ketones (excluding diaryl/α,β-unsaturated/α-hetero) is 1. The van der Waals surface area contributed by atoms with Gasteiger partial charge in [0, 0.05) is 34.1 Å². The van der Waals surface area contributed by atoms with Crippen LogP contribution in [0.5, 0.6) is 0 Å². The second-order valence-electron chi connectivity index (χ2n) is 15.8. The van der Waals surface area contributed by atoms with Gasteiger partial charge in [-0.15, -0.1) is 0 Å². The molecule has 0 bridgehead atoms. The van der Waals surface area contributed by atoms with Crippen molar-refractivity contribution in [2.45, 2.75) is 82.9 Å². The number of hydrogen-bond acceptors (Lipinski definition) is 11. The lowest BCUT2D eigenvalue weighted by Crippen LogP contribution is -2.68. The molecule has 244 valence electrons. The monoisotopic (exact) mass is 634 g/mol. The number of rotatable bonds is 4. The van der Waals surface area contributed by atoms with Crippen LogP contribution in [0.25, 0.3) is 0 Å². The van der Waals surface area contributed by atoms with Gasteiger partial charge in [-0.1, -0.05) is 13.0 Å². The van der Waals surface area contributed by atoms with Crippen LogP contribution in [0.15, 0.2) is 45.1 Å². The molecule has 1 spiro atoms. The van der Waals surface area contributed by atoms with E-state index in [1.54, 1.807) is 26.8 Å². The highest BCUT2D eigenvalue weighted by atomic mass is 16.7. The van der Waals surface area contributed by atoms with Crippen LogP contribution < -0.4 is 0 Å². The summed E-state index contributed by atoms with van der Waals surface area (Å²) >= 11 is 0. The molecule has 9 aliphatic rings. The molecule has 46 heavy (non-hydrogen) atoms. The van der Waals surface area contributed by atoms with Gasteiger partial charge in [-0.2, -0.15) is 0 Å². The summed E-state index contributed by atoms with van der Waals surface area (Å²) < 4.78 is 17.6. The number of ketones is 1. The van der Waals surface area contributed by atoms with Crippen LogP contribution >= 0.6 is 0 Å². The summed E-state index contributed by atoms with van der Waals surface area (Å²) in [6.45, 7) is 7.64. The van der Waals surface area contributed by atoms with Crippen molar-refractivity contribution in [3.8, 4) is 0 Å². The van der Waals surface area contributed by atoms with Gasteiger partial charge in [-0.25, -0.2) is 14.4 Å². The Hall–Kier alpha value is -3.12. The fourth-order valence-corrected chi connectivity index (χ4v) is 12.2. The molecule has 2 heterocycles.